The summed E-state index contributed by atoms with van der Waals surface area (Å²) in [5, 5.41) is 0. The lowest BCUT2D eigenvalue weighted by molar-refractivity contribution is -0.186. The van der Waals surface area contributed by atoms with Crippen LogP contribution in [-0.4, -0.2) is 61.1 Å². The Morgan fingerprint density at radius 1 is 1.05 bits per heavy atom. The van der Waals surface area contributed by atoms with Crippen molar-refractivity contribution in [2.24, 2.45) is 0 Å². The fourth-order valence-corrected chi connectivity index (χ4v) is 6.20. The van der Waals surface area contributed by atoms with Crippen molar-refractivity contribution in [3.05, 3.63) is 47.7 Å². The summed E-state index contributed by atoms with van der Waals surface area (Å²) in [4.78, 5) is 5.74. The van der Waals surface area contributed by atoms with E-state index in [0.29, 0.717) is 55.8 Å². The van der Waals surface area contributed by atoms with Gasteiger partial charge in [0, 0.05) is 24.8 Å². The molecule has 2 aromatic rings. The van der Waals surface area contributed by atoms with Crippen LogP contribution in [0.15, 0.2) is 36.5 Å². The summed E-state index contributed by atoms with van der Waals surface area (Å²) in [5.74, 6) is -0.792. The number of halogens is 6. The molecule has 1 unspecified atom stereocenters. The molecule has 4 rings (SSSR count). The maximum Gasteiger partial charge on any atom is 0.403 e. The SMILES string of the molecule is CC(N1CCC2(CCc3cc(-c4ccc(CS(=O)(=O)CCC(F)(F)F)cn4)ccc3O2)CC1)C(F)(F)F. The minimum absolute atomic E-state index is 0.306. The number of pyridine rings is 1. The molecule has 0 aliphatic carbocycles. The summed E-state index contributed by atoms with van der Waals surface area (Å²) < 4.78 is 107. The molecule has 0 saturated carbocycles. The van der Waals surface area contributed by atoms with Gasteiger partial charge >= 0.3 is 12.4 Å². The second kappa shape index (κ2) is 10.1. The molecule has 1 aromatic heterocycles. The van der Waals surface area contributed by atoms with Gasteiger partial charge in [-0.2, -0.15) is 26.3 Å². The highest BCUT2D eigenvalue weighted by Gasteiger charge is 2.45. The molecule has 0 amide bonds. The number of hydrogen-bond donors (Lipinski definition) is 0. The molecule has 1 aromatic carbocycles. The van der Waals surface area contributed by atoms with Crippen molar-refractivity contribution < 1.29 is 39.5 Å². The first-order chi connectivity index (χ1) is 17.1. The van der Waals surface area contributed by atoms with Gasteiger partial charge in [-0.3, -0.25) is 9.88 Å². The molecule has 1 spiro atoms. The number of fused-ring (bicyclic) bond motifs is 1. The van der Waals surface area contributed by atoms with Crippen LogP contribution in [-0.2, 0) is 22.0 Å². The molecule has 0 bridgehead atoms. The van der Waals surface area contributed by atoms with Crippen molar-refractivity contribution in [1.82, 2.24) is 9.88 Å². The summed E-state index contributed by atoms with van der Waals surface area (Å²) in [6.45, 7) is 1.82. The van der Waals surface area contributed by atoms with Gasteiger partial charge in [0.15, 0.2) is 9.84 Å². The van der Waals surface area contributed by atoms with Crippen LogP contribution in [0.2, 0.25) is 0 Å². The number of aryl methyl sites for hydroxylation is 1. The van der Waals surface area contributed by atoms with E-state index in [0.717, 1.165) is 11.1 Å². The Bertz CT molecular complexity index is 1200. The first-order valence-corrected chi connectivity index (χ1v) is 13.8. The molecule has 1 atom stereocenters. The van der Waals surface area contributed by atoms with E-state index in [4.69, 9.17) is 4.74 Å². The maximum absolute atomic E-state index is 13.1. The second-order valence-corrected chi connectivity index (χ2v) is 12.1. The third-order valence-corrected chi connectivity index (χ3v) is 8.77. The van der Waals surface area contributed by atoms with Crippen molar-refractivity contribution in [2.45, 2.75) is 68.8 Å². The van der Waals surface area contributed by atoms with Crippen LogP contribution in [0.25, 0.3) is 11.3 Å². The third-order valence-electron chi connectivity index (χ3n) is 7.17. The average Bonchev–Trinajstić information content (AvgIpc) is 2.82. The fraction of sp³-hybridized carbons (Fsp3) is 0.560. The Morgan fingerprint density at radius 2 is 1.76 bits per heavy atom. The Kier molecular flexibility index (Phi) is 7.55. The number of nitrogens with zero attached hydrogens (tertiary/aromatic N) is 2. The first kappa shape index (κ1) is 27.7. The zero-order valence-electron chi connectivity index (χ0n) is 20.2. The molecule has 2 aliphatic heterocycles. The Hall–Kier alpha value is -2.34. The minimum atomic E-state index is -4.53. The number of aromatic nitrogens is 1. The van der Waals surface area contributed by atoms with E-state index >= 15 is 0 Å². The van der Waals surface area contributed by atoms with Crippen molar-refractivity contribution in [1.29, 1.82) is 0 Å². The van der Waals surface area contributed by atoms with Crippen LogP contribution in [0.3, 0.4) is 0 Å². The van der Waals surface area contributed by atoms with Gasteiger partial charge in [-0.1, -0.05) is 6.07 Å². The van der Waals surface area contributed by atoms with E-state index in [9.17, 15) is 34.8 Å². The Morgan fingerprint density at radius 3 is 2.35 bits per heavy atom. The average molecular weight is 551 g/mol. The molecular weight excluding hydrogens is 522 g/mol. The van der Waals surface area contributed by atoms with Gasteiger partial charge in [0.2, 0.25) is 0 Å². The molecule has 2 aliphatic rings. The number of likely N-dealkylation sites (tertiary alicyclic amines) is 1. The van der Waals surface area contributed by atoms with E-state index in [-0.39, 0.29) is 0 Å². The zero-order valence-corrected chi connectivity index (χ0v) is 21.0. The molecule has 0 radical (unpaired) electrons. The predicted octanol–water partition coefficient (Wildman–Crippen LogP) is 5.73. The highest BCUT2D eigenvalue weighted by atomic mass is 32.2. The van der Waals surface area contributed by atoms with Crippen molar-refractivity contribution in [3.8, 4) is 17.0 Å². The number of ether oxygens (including phenoxy) is 1. The standard InChI is InChI=1S/C25H28F6N2O3S/c1-17(25(29,30)31)33-11-8-23(9-12-33)7-6-20-14-19(3-5-22(20)36-23)21-4-2-18(15-32-21)16-37(34,35)13-10-24(26,27)28/h2-5,14-15,17H,6-13,16H2,1H3. The minimum Gasteiger partial charge on any atom is -0.487 e. The second-order valence-electron chi connectivity index (χ2n) is 9.87. The van der Waals surface area contributed by atoms with Crippen LogP contribution in [0.4, 0.5) is 26.3 Å². The molecule has 5 nitrogen and oxygen atoms in total. The summed E-state index contributed by atoms with van der Waals surface area (Å²) in [5.41, 5.74) is 2.14. The van der Waals surface area contributed by atoms with Crippen LogP contribution in [0, 0.1) is 0 Å². The Balaban J connectivity index is 1.39. The lowest BCUT2D eigenvalue weighted by atomic mass is 9.82. The number of rotatable bonds is 6. The first-order valence-electron chi connectivity index (χ1n) is 12.0. The number of sulfone groups is 1. The molecule has 3 heterocycles. The summed E-state index contributed by atoms with van der Waals surface area (Å²) >= 11 is 0. The summed E-state index contributed by atoms with van der Waals surface area (Å²) in [7, 11) is -3.92. The van der Waals surface area contributed by atoms with Crippen LogP contribution in [0.5, 0.6) is 5.75 Å². The van der Waals surface area contributed by atoms with E-state index in [1.54, 1.807) is 12.1 Å². The predicted molar refractivity (Wildman–Crippen MR) is 126 cm³/mol. The molecule has 12 heteroatoms. The number of benzene rings is 1. The zero-order chi connectivity index (χ0) is 27.1. The fourth-order valence-electron chi connectivity index (χ4n) is 4.84. The van der Waals surface area contributed by atoms with E-state index < -0.39 is 51.8 Å². The molecule has 204 valence electrons. The number of piperidine rings is 1. The molecule has 0 N–H and O–H groups in total. The van der Waals surface area contributed by atoms with Gasteiger partial charge in [0.25, 0.3) is 0 Å². The van der Waals surface area contributed by atoms with Gasteiger partial charge in [0.05, 0.1) is 23.6 Å². The smallest absolute Gasteiger partial charge is 0.403 e. The van der Waals surface area contributed by atoms with E-state index in [2.05, 4.69) is 4.98 Å². The van der Waals surface area contributed by atoms with E-state index in [1.165, 1.54) is 24.1 Å². The van der Waals surface area contributed by atoms with Crippen molar-refractivity contribution >= 4 is 9.84 Å². The van der Waals surface area contributed by atoms with Crippen LogP contribution < -0.4 is 4.74 Å². The quantitative estimate of drug-likeness (QED) is 0.431. The summed E-state index contributed by atoms with van der Waals surface area (Å²) in [6, 6.07) is 7.22. The summed E-state index contributed by atoms with van der Waals surface area (Å²) in [6.07, 6.45) is -6.39. The van der Waals surface area contributed by atoms with Gasteiger partial charge < -0.3 is 4.74 Å². The van der Waals surface area contributed by atoms with Crippen molar-refractivity contribution in [3.63, 3.8) is 0 Å². The van der Waals surface area contributed by atoms with Crippen molar-refractivity contribution in [2.75, 3.05) is 18.8 Å². The van der Waals surface area contributed by atoms with Crippen LogP contribution >= 0.6 is 0 Å². The van der Waals surface area contributed by atoms with Gasteiger partial charge in [0.1, 0.15) is 17.4 Å². The largest absolute Gasteiger partial charge is 0.487 e. The van der Waals surface area contributed by atoms with Crippen LogP contribution in [0.1, 0.15) is 43.7 Å². The number of alkyl halides is 6. The highest BCUT2D eigenvalue weighted by Crippen LogP contribution is 2.41. The molecule has 37 heavy (non-hydrogen) atoms. The number of hydrogen-bond acceptors (Lipinski definition) is 5. The van der Waals surface area contributed by atoms with Gasteiger partial charge in [-0.15, -0.1) is 0 Å². The molecule has 1 fully saturated rings. The Labute approximate surface area is 211 Å². The topological polar surface area (TPSA) is 59.5 Å². The maximum atomic E-state index is 13.1. The molecule has 1 saturated heterocycles. The highest BCUT2D eigenvalue weighted by molar-refractivity contribution is 7.90. The normalized spacial score (nSPS) is 19.3. The monoisotopic (exact) mass is 550 g/mol. The lowest BCUT2D eigenvalue weighted by Gasteiger charge is -2.46. The lowest BCUT2D eigenvalue weighted by Crippen LogP contribution is -2.54. The van der Waals surface area contributed by atoms with Gasteiger partial charge in [-0.05, 0) is 68.0 Å². The van der Waals surface area contributed by atoms with E-state index in [1.807, 2.05) is 12.1 Å². The molecular formula is C25H28F6N2O3S. The third kappa shape index (κ3) is 6.95. The van der Waals surface area contributed by atoms with Gasteiger partial charge in [-0.25, -0.2) is 8.42 Å².